The molecule has 21 heavy (non-hydrogen) atoms. The van der Waals surface area contributed by atoms with Crippen molar-refractivity contribution < 1.29 is 24.1 Å². The molecule has 0 bridgehead atoms. The largest absolute Gasteiger partial charge is 0.445 e. The van der Waals surface area contributed by atoms with E-state index in [2.05, 4.69) is 10.6 Å². The average Bonchev–Trinajstić information content (AvgIpc) is 2.45. The van der Waals surface area contributed by atoms with Gasteiger partial charge >= 0.3 is 6.09 Å². The van der Waals surface area contributed by atoms with Crippen LogP contribution in [-0.2, 0) is 16.1 Å². The van der Waals surface area contributed by atoms with Crippen LogP contribution in [0.5, 0.6) is 0 Å². The highest BCUT2D eigenvalue weighted by atomic mass is 31.2. The zero-order valence-corrected chi connectivity index (χ0v) is 12.5. The third kappa shape index (κ3) is 7.60. The Kier molecular flexibility index (Phi) is 7.68. The third-order valence-corrected chi connectivity index (χ3v) is 3.18. The highest BCUT2D eigenvalue weighted by molar-refractivity contribution is 7.45. The van der Waals surface area contributed by atoms with Crippen molar-refractivity contribution in [2.24, 2.45) is 0 Å². The average molecular weight is 314 g/mol. The van der Waals surface area contributed by atoms with Crippen LogP contribution >= 0.6 is 8.38 Å². The van der Waals surface area contributed by atoms with Crippen LogP contribution in [0.25, 0.3) is 0 Å². The van der Waals surface area contributed by atoms with Gasteiger partial charge in [-0.25, -0.2) is 4.79 Å². The third-order valence-electron chi connectivity index (χ3n) is 2.55. The van der Waals surface area contributed by atoms with Gasteiger partial charge in [0, 0.05) is 12.7 Å². The molecule has 1 atom stereocenters. The fourth-order valence-corrected chi connectivity index (χ4v) is 1.75. The molecule has 116 valence electrons. The molecule has 0 spiro atoms. The summed E-state index contributed by atoms with van der Waals surface area (Å²) in [5.74, 6) is -0.413. The fourth-order valence-electron chi connectivity index (χ4n) is 1.44. The van der Waals surface area contributed by atoms with Gasteiger partial charge < -0.3 is 25.2 Å². The van der Waals surface area contributed by atoms with E-state index in [1.54, 1.807) is 0 Å². The zero-order valence-electron chi connectivity index (χ0n) is 11.7. The smallest absolute Gasteiger partial charge is 0.408 e. The molecular formula is C13H19N2O5P. The van der Waals surface area contributed by atoms with Gasteiger partial charge in [0.2, 0.25) is 5.91 Å². The number of carbonyl (C=O) groups excluding carboxylic acids is 2. The van der Waals surface area contributed by atoms with Gasteiger partial charge in [0.15, 0.2) is 8.38 Å². The molecule has 2 amide bonds. The molecule has 0 saturated heterocycles. The first-order valence-corrected chi connectivity index (χ1v) is 7.82. The van der Waals surface area contributed by atoms with Crippen LogP contribution in [0, 0.1) is 0 Å². The van der Waals surface area contributed by atoms with Gasteiger partial charge in [-0.2, -0.15) is 0 Å². The SMILES string of the molecule is C[C@H](NC(=O)OCc1ccccc1)C(=O)NCCP(O)O. The van der Waals surface area contributed by atoms with E-state index in [0.717, 1.165) is 5.56 Å². The van der Waals surface area contributed by atoms with Crippen LogP contribution in [0.3, 0.4) is 0 Å². The Morgan fingerprint density at radius 2 is 1.95 bits per heavy atom. The van der Waals surface area contributed by atoms with Gasteiger partial charge in [-0.05, 0) is 12.5 Å². The Morgan fingerprint density at radius 3 is 2.57 bits per heavy atom. The molecule has 0 unspecified atom stereocenters. The lowest BCUT2D eigenvalue weighted by molar-refractivity contribution is -0.122. The lowest BCUT2D eigenvalue weighted by atomic mass is 10.2. The van der Waals surface area contributed by atoms with E-state index >= 15 is 0 Å². The summed E-state index contributed by atoms with van der Waals surface area (Å²) in [6.45, 7) is 1.78. The van der Waals surface area contributed by atoms with Gasteiger partial charge in [-0.1, -0.05) is 30.3 Å². The van der Waals surface area contributed by atoms with Crippen LogP contribution < -0.4 is 10.6 Å². The summed E-state index contributed by atoms with van der Waals surface area (Å²) in [6.07, 6.45) is -0.597. The molecule has 0 aliphatic carbocycles. The minimum absolute atomic E-state index is 0.0895. The second-order valence-electron chi connectivity index (χ2n) is 4.31. The Hall–Kier alpha value is -1.69. The van der Waals surface area contributed by atoms with Gasteiger partial charge in [-0.3, -0.25) is 4.79 Å². The van der Waals surface area contributed by atoms with Crippen molar-refractivity contribution in [1.29, 1.82) is 0 Å². The summed E-state index contributed by atoms with van der Waals surface area (Å²) < 4.78 is 4.98. The minimum Gasteiger partial charge on any atom is -0.445 e. The first-order chi connectivity index (χ1) is 9.99. The van der Waals surface area contributed by atoms with E-state index in [0.29, 0.717) is 0 Å². The predicted molar refractivity (Wildman–Crippen MR) is 78.5 cm³/mol. The summed E-state index contributed by atoms with van der Waals surface area (Å²) in [4.78, 5) is 40.5. The quantitative estimate of drug-likeness (QED) is 0.555. The highest BCUT2D eigenvalue weighted by Gasteiger charge is 2.16. The number of alkyl carbamates (subject to hydrolysis) is 1. The number of carbonyl (C=O) groups is 2. The summed E-state index contributed by atoms with van der Waals surface area (Å²) in [6, 6.07) is 8.42. The maximum absolute atomic E-state index is 11.6. The van der Waals surface area contributed by atoms with Crippen molar-refractivity contribution >= 4 is 20.4 Å². The summed E-state index contributed by atoms with van der Waals surface area (Å²) in [7, 11) is -2.03. The second-order valence-corrected chi connectivity index (χ2v) is 5.51. The van der Waals surface area contributed by atoms with Crippen molar-refractivity contribution in [3.63, 3.8) is 0 Å². The van der Waals surface area contributed by atoms with Gasteiger partial charge in [-0.15, -0.1) is 0 Å². The summed E-state index contributed by atoms with van der Waals surface area (Å²) in [5, 5.41) is 4.88. The molecule has 0 fully saturated rings. The van der Waals surface area contributed by atoms with Crippen LogP contribution in [-0.4, -0.2) is 40.5 Å². The molecule has 8 heteroatoms. The molecular weight excluding hydrogens is 295 g/mol. The molecule has 0 aliphatic rings. The number of ether oxygens (including phenoxy) is 1. The molecule has 1 aromatic rings. The van der Waals surface area contributed by atoms with Crippen molar-refractivity contribution in [3.8, 4) is 0 Å². The first-order valence-electron chi connectivity index (χ1n) is 6.39. The molecule has 0 aromatic heterocycles. The number of amides is 2. The zero-order chi connectivity index (χ0) is 15.7. The molecule has 0 aliphatic heterocycles. The van der Waals surface area contributed by atoms with E-state index in [9.17, 15) is 9.59 Å². The van der Waals surface area contributed by atoms with E-state index in [1.165, 1.54) is 6.92 Å². The molecule has 7 nitrogen and oxygen atoms in total. The number of benzene rings is 1. The van der Waals surface area contributed by atoms with Crippen molar-refractivity contribution in [3.05, 3.63) is 35.9 Å². The van der Waals surface area contributed by atoms with E-state index < -0.39 is 26.4 Å². The monoisotopic (exact) mass is 314 g/mol. The first kappa shape index (κ1) is 17.4. The maximum Gasteiger partial charge on any atom is 0.408 e. The van der Waals surface area contributed by atoms with Crippen molar-refractivity contribution in [2.75, 3.05) is 12.7 Å². The van der Waals surface area contributed by atoms with Gasteiger partial charge in [0.25, 0.3) is 0 Å². The minimum atomic E-state index is -2.03. The maximum atomic E-state index is 11.6. The van der Waals surface area contributed by atoms with Gasteiger partial charge in [0.05, 0.1) is 0 Å². The number of hydrogen-bond donors (Lipinski definition) is 4. The fraction of sp³-hybridized carbons (Fsp3) is 0.385. The number of rotatable bonds is 7. The summed E-state index contributed by atoms with van der Waals surface area (Å²) >= 11 is 0. The number of hydrogen-bond acceptors (Lipinski definition) is 5. The number of nitrogens with one attached hydrogen (secondary N) is 2. The predicted octanol–water partition coefficient (Wildman–Crippen LogP) is 0.714. The lowest BCUT2D eigenvalue weighted by Crippen LogP contribution is -2.45. The standard InChI is InChI=1S/C13H19N2O5P/c1-10(12(16)14-7-8-21(18)19)15-13(17)20-9-11-5-3-2-4-6-11/h2-6,10,18-19H,7-9H2,1H3,(H,14,16)(H,15,17)/t10-/m0/s1. The molecule has 0 radical (unpaired) electrons. The van der Waals surface area contributed by atoms with E-state index in [1.807, 2.05) is 30.3 Å². The Morgan fingerprint density at radius 1 is 1.29 bits per heavy atom. The van der Waals surface area contributed by atoms with Crippen LogP contribution in [0.4, 0.5) is 4.79 Å². The molecule has 0 saturated carbocycles. The van der Waals surface area contributed by atoms with Crippen LogP contribution in [0.2, 0.25) is 0 Å². The molecule has 1 aromatic carbocycles. The lowest BCUT2D eigenvalue weighted by Gasteiger charge is -2.14. The topological polar surface area (TPSA) is 108 Å². The molecule has 4 N–H and O–H groups in total. The van der Waals surface area contributed by atoms with Crippen LogP contribution in [0.15, 0.2) is 30.3 Å². The Labute approximate surface area is 124 Å². The molecule has 1 rings (SSSR count). The van der Waals surface area contributed by atoms with E-state index in [4.69, 9.17) is 14.5 Å². The van der Waals surface area contributed by atoms with Crippen molar-refractivity contribution in [2.45, 2.75) is 19.6 Å². The Bertz CT molecular complexity index is 455. The second kappa shape index (κ2) is 9.28. The van der Waals surface area contributed by atoms with Crippen LogP contribution in [0.1, 0.15) is 12.5 Å². The molecule has 0 heterocycles. The van der Waals surface area contributed by atoms with Crippen molar-refractivity contribution in [1.82, 2.24) is 10.6 Å². The van der Waals surface area contributed by atoms with E-state index in [-0.39, 0.29) is 19.3 Å². The Balaban J connectivity index is 2.25. The van der Waals surface area contributed by atoms with Gasteiger partial charge in [0.1, 0.15) is 12.6 Å². The summed E-state index contributed by atoms with van der Waals surface area (Å²) in [5.41, 5.74) is 0.851. The normalized spacial score (nSPS) is 11.8. The highest BCUT2D eigenvalue weighted by Crippen LogP contribution is 2.20.